The first-order valence-corrected chi connectivity index (χ1v) is 14.3. The fourth-order valence-corrected chi connectivity index (χ4v) is 7.08. The minimum atomic E-state index is -4.41. The van der Waals surface area contributed by atoms with Gasteiger partial charge in [0.15, 0.2) is 0 Å². The molecule has 0 spiro atoms. The van der Waals surface area contributed by atoms with Gasteiger partial charge in [-0.3, -0.25) is 14.9 Å². The number of benzene rings is 2. The van der Waals surface area contributed by atoms with E-state index in [1.807, 2.05) is 19.1 Å². The Morgan fingerprint density at radius 1 is 1.15 bits per heavy atom. The van der Waals surface area contributed by atoms with Crippen molar-refractivity contribution in [3.63, 3.8) is 0 Å². The number of aryl methyl sites for hydroxylation is 1. The number of halogens is 3. The number of carbonyl (C=O) groups excluding carboxylic acids is 2. The Hall–Kier alpha value is -3.12. The van der Waals surface area contributed by atoms with Crippen molar-refractivity contribution < 1.29 is 22.8 Å². The molecular weight excluding hydrogens is 545 g/mol. The van der Waals surface area contributed by atoms with Crippen LogP contribution in [-0.2, 0) is 6.18 Å². The van der Waals surface area contributed by atoms with Crippen LogP contribution in [0, 0.1) is 6.92 Å². The van der Waals surface area contributed by atoms with Crippen molar-refractivity contribution in [2.75, 3.05) is 26.2 Å². The zero-order valence-electron chi connectivity index (χ0n) is 21.0. The number of thiazole rings is 1. The van der Waals surface area contributed by atoms with Crippen LogP contribution >= 0.6 is 22.7 Å². The van der Waals surface area contributed by atoms with Gasteiger partial charge >= 0.3 is 6.18 Å². The van der Waals surface area contributed by atoms with Crippen molar-refractivity contribution in [3.05, 3.63) is 75.1 Å². The number of hydrogen-bond donors (Lipinski definition) is 2. The molecule has 11 heteroatoms. The summed E-state index contributed by atoms with van der Waals surface area (Å²) >= 11 is 2.79. The molecule has 1 atom stereocenters. The van der Waals surface area contributed by atoms with Gasteiger partial charge in [0.2, 0.25) is 5.78 Å². The van der Waals surface area contributed by atoms with Gasteiger partial charge in [0.1, 0.15) is 5.69 Å². The summed E-state index contributed by atoms with van der Waals surface area (Å²) in [6.45, 7) is 4.13. The molecule has 0 saturated carbocycles. The highest BCUT2D eigenvalue weighted by atomic mass is 32.1. The lowest BCUT2D eigenvalue weighted by Crippen LogP contribution is -2.67. The van der Waals surface area contributed by atoms with E-state index in [-0.39, 0.29) is 17.7 Å². The molecule has 0 aliphatic carbocycles. The molecule has 0 radical (unpaired) electrons. The van der Waals surface area contributed by atoms with Gasteiger partial charge in [-0.1, -0.05) is 18.2 Å². The Kier molecular flexibility index (Phi) is 6.57. The number of hydrogen-bond acceptors (Lipinski definition) is 7. The third-order valence-corrected chi connectivity index (χ3v) is 9.41. The summed E-state index contributed by atoms with van der Waals surface area (Å²) in [6, 6.07) is 10.8. The first kappa shape index (κ1) is 26.1. The second-order valence-corrected chi connectivity index (χ2v) is 11.9. The van der Waals surface area contributed by atoms with Crippen molar-refractivity contribution in [1.82, 2.24) is 20.5 Å². The number of carbonyl (C=O) groups is 2. The zero-order chi connectivity index (χ0) is 27.4. The van der Waals surface area contributed by atoms with E-state index in [1.165, 1.54) is 28.7 Å². The Labute approximate surface area is 230 Å². The third kappa shape index (κ3) is 4.77. The van der Waals surface area contributed by atoms with Gasteiger partial charge in [-0.2, -0.15) is 13.2 Å². The first-order valence-electron chi connectivity index (χ1n) is 12.6. The van der Waals surface area contributed by atoms with Gasteiger partial charge in [-0.05, 0) is 66.2 Å². The molecule has 4 aromatic rings. The van der Waals surface area contributed by atoms with Crippen molar-refractivity contribution in [1.29, 1.82) is 0 Å². The first-order chi connectivity index (χ1) is 18.6. The van der Waals surface area contributed by atoms with Crippen molar-refractivity contribution >= 4 is 44.5 Å². The summed E-state index contributed by atoms with van der Waals surface area (Å²) in [6.07, 6.45) is -3.75. The SMILES string of the molecule is Cc1c(C(=O)N2CC(N[C@@]3(C(=O)c4cscn4)CCNC3)C2)sc2ccc(-c3cccc(C(F)(F)F)c3)cc12. The maximum absolute atomic E-state index is 13.4. The van der Waals surface area contributed by atoms with Crippen LogP contribution in [0.5, 0.6) is 0 Å². The van der Waals surface area contributed by atoms with Gasteiger partial charge in [0.25, 0.3) is 5.91 Å². The number of thiophene rings is 1. The predicted molar refractivity (Wildman–Crippen MR) is 146 cm³/mol. The van der Waals surface area contributed by atoms with Crippen molar-refractivity contribution in [2.45, 2.75) is 31.1 Å². The van der Waals surface area contributed by atoms with E-state index in [0.717, 1.165) is 34.3 Å². The summed E-state index contributed by atoms with van der Waals surface area (Å²) in [5.74, 6) is -0.0905. The highest BCUT2D eigenvalue weighted by Crippen LogP contribution is 2.37. The number of alkyl halides is 3. The smallest absolute Gasteiger partial charge is 0.335 e. The van der Waals surface area contributed by atoms with Gasteiger partial charge in [-0.15, -0.1) is 22.7 Å². The number of ketones is 1. The Balaban J connectivity index is 1.18. The van der Waals surface area contributed by atoms with Crippen LogP contribution in [0.25, 0.3) is 21.2 Å². The van der Waals surface area contributed by atoms with Crippen LogP contribution in [0.4, 0.5) is 13.2 Å². The lowest BCUT2D eigenvalue weighted by atomic mass is 9.89. The summed E-state index contributed by atoms with van der Waals surface area (Å²) < 4.78 is 40.5. The quantitative estimate of drug-likeness (QED) is 0.305. The largest absolute Gasteiger partial charge is 0.416 e. The van der Waals surface area contributed by atoms with Gasteiger partial charge in [0, 0.05) is 35.8 Å². The number of nitrogens with zero attached hydrogens (tertiary/aromatic N) is 2. The Bertz CT molecular complexity index is 1550. The van der Waals surface area contributed by atoms with Crippen molar-refractivity contribution in [3.8, 4) is 11.1 Å². The molecule has 0 bridgehead atoms. The van der Waals surface area contributed by atoms with E-state index < -0.39 is 17.3 Å². The number of likely N-dealkylation sites (tertiary alicyclic amines) is 1. The Morgan fingerprint density at radius 2 is 1.95 bits per heavy atom. The van der Waals surface area contributed by atoms with Crippen molar-refractivity contribution in [2.24, 2.45) is 0 Å². The summed E-state index contributed by atoms with van der Waals surface area (Å²) in [7, 11) is 0. The summed E-state index contributed by atoms with van der Waals surface area (Å²) in [5, 5.41) is 9.42. The lowest BCUT2D eigenvalue weighted by molar-refractivity contribution is -0.137. The van der Waals surface area contributed by atoms with E-state index in [9.17, 15) is 22.8 Å². The number of aromatic nitrogens is 1. The van der Waals surface area contributed by atoms with Gasteiger partial charge in [-0.25, -0.2) is 4.98 Å². The number of amides is 1. The zero-order valence-corrected chi connectivity index (χ0v) is 22.6. The van der Waals surface area contributed by atoms with Crippen LogP contribution in [0.3, 0.4) is 0 Å². The van der Waals surface area contributed by atoms with E-state index >= 15 is 0 Å². The van der Waals surface area contributed by atoms with Crippen LogP contribution in [0.2, 0.25) is 0 Å². The van der Waals surface area contributed by atoms with Gasteiger partial charge < -0.3 is 10.2 Å². The number of Topliss-reactive ketones (excluding diaryl/α,β-unsaturated/α-hetero) is 1. The minimum absolute atomic E-state index is 0.00127. The summed E-state index contributed by atoms with van der Waals surface area (Å²) in [5.41, 5.74) is 2.67. The fourth-order valence-electron chi connectivity index (χ4n) is 5.39. The molecule has 0 unspecified atom stereocenters. The standard InChI is InChI=1S/C28H25F3N4O2S2/c1-16-21-10-18(17-3-2-4-19(9-17)28(29,30)31)5-6-23(21)39-24(16)26(37)35-11-20(12-35)34-27(7-8-32-14-27)25(36)22-13-38-15-33-22/h2-6,9-10,13,15,20,32,34H,7-8,11-12,14H2,1H3/t27-/m0/s1. The Morgan fingerprint density at radius 3 is 2.64 bits per heavy atom. The number of nitrogens with one attached hydrogen (secondary N) is 2. The van der Waals surface area contributed by atoms with E-state index in [0.29, 0.717) is 47.8 Å². The van der Waals surface area contributed by atoms with Crippen LogP contribution < -0.4 is 10.6 Å². The van der Waals surface area contributed by atoms with Crippen LogP contribution in [0.1, 0.15) is 37.7 Å². The van der Waals surface area contributed by atoms with Crippen LogP contribution in [0.15, 0.2) is 53.4 Å². The van der Waals surface area contributed by atoms with E-state index in [4.69, 9.17) is 0 Å². The topological polar surface area (TPSA) is 74.3 Å². The van der Waals surface area contributed by atoms with E-state index in [2.05, 4.69) is 15.6 Å². The molecule has 2 aromatic carbocycles. The molecule has 39 heavy (non-hydrogen) atoms. The predicted octanol–water partition coefficient (Wildman–Crippen LogP) is 5.38. The van der Waals surface area contributed by atoms with E-state index in [1.54, 1.807) is 27.9 Å². The summed E-state index contributed by atoms with van der Waals surface area (Å²) in [4.78, 5) is 33.2. The average molecular weight is 571 g/mol. The lowest BCUT2D eigenvalue weighted by Gasteiger charge is -2.44. The second-order valence-electron chi connectivity index (χ2n) is 10.1. The maximum Gasteiger partial charge on any atom is 0.416 e. The second kappa shape index (κ2) is 9.81. The molecule has 2 saturated heterocycles. The average Bonchev–Trinajstić information content (AvgIpc) is 3.66. The molecule has 2 aromatic heterocycles. The molecule has 6 nitrogen and oxygen atoms in total. The molecule has 6 rings (SSSR count). The highest BCUT2D eigenvalue weighted by molar-refractivity contribution is 7.21. The number of fused-ring (bicyclic) bond motifs is 1. The third-order valence-electron chi connectivity index (χ3n) is 7.56. The monoisotopic (exact) mass is 570 g/mol. The molecule has 2 aliphatic heterocycles. The molecule has 1 amide bonds. The van der Waals surface area contributed by atoms with Gasteiger partial charge in [0.05, 0.1) is 21.5 Å². The van der Waals surface area contributed by atoms with Crippen LogP contribution in [-0.4, -0.2) is 59.3 Å². The minimum Gasteiger partial charge on any atom is -0.335 e. The molecule has 2 fully saturated rings. The number of rotatable bonds is 6. The normalized spacial score (nSPS) is 19.9. The fraction of sp³-hybridized carbons (Fsp3) is 0.321. The molecule has 202 valence electrons. The molecule has 2 aliphatic rings. The maximum atomic E-state index is 13.4. The molecular formula is C28H25F3N4O2S2. The molecule has 2 N–H and O–H groups in total. The molecule has 4 heterocycles. The highest BCUT2D eigenvalue weighted by Gasteiger charge is 2.46.